The van der Waals surface area contributed by atoms with Crippen molar-refractivity contribution in [3.63, 3.8) is 0 Å². The molecule has 1 saturated heterocycles. The van der Waals surface area contributed by atoms with Gasteiger partial charge in [0.1, 0.15) is 0 Å². The molecule has 0 aliphatic carbocycles. The van der Waals surface area contributed by atoms with Gasteiger partial charge in [-0.05, 0) is 31.0 Å². The fourth-order valence-corrected chi connectivity index (χ4v) is 2.41. The zero-order valence-electron chi connectivity index (χ0n) is 11.3. The highest BCUT2D eigenvalue weighted by Gasteiger charge is 2.23. The Bertz CT molecular complexity index is 399. The van der Waals surface area contributed by atoms with Crippen LogP contribution in [0, 0.1) is 0 Å². The average molecular weight is 246 g/mol. The molecule has 1 aliphatic heterocycles. The van der Waals surface area contributed by atoms with Crippen molar-refractivity contribution in [2.24, 2.45) is 0 Å². The maximum atomic E-state index is 12.4. The van der Waals surface area contributed by atoms with E-state index in [2.05, 4.69) is 31.3 Å². The number of nitrogens with one attached hydrogen (secondary N) is 1. The number of piperazine rings is 1. The van der Waals surface area contributed by atoms with Crippen molar-refractivity contribution in [2.75, 3.05) is 19.6 Å². The molecule has 1 aliphatic rings. The summed E-state index contributed by atoms with van der Waals surface area (Å²) in [5.74, 6) is 0.159. The quantitative estimate of drug-likeness (QED) is 0.885. The number of carbonyl (C=O) groups is 1. The SMILES string of the molecule is CCCc1ccc(C(=O)N2CCNC[C@H]2C)cc1. The van der Waals surface area contributed by atoms with Crippen molar-refractivity contribution >= 4 is 5.91 Å². The smallest absolute Gasteiger partial charge is 0.254 e. The molecular formula is C15H22N2O. The predicted molar refractivity (Wildman–Crippen MR) is 73.8 cm³/mol. The first-order chi connectivity index (χ1) is 8.72. The highest BCUT2D eigenvalue weighted by Crippen LogP contribution is 2.12. The molecule has 0 radical (unpaired) electrons. The second-order valence-corrected chi connectivity index (χ2v) is 5.00. The first kappa shape index (κ1) is 13.1. The molecular weight excluding hydrogens is 224 g/mol. The Morgan fingerprint density at radius 2 is 2.11 bits per heavy atom. The number of hydrogen-bond donors (Lipinski definition) is 1. The number of amides is 1. The van der Waals surface area contributed by atoms with Crippen LogP contribution in [0.1, 0.15) is 36.2 Å². The largest absolute Gasteiger partial charge is 0.333 e. The molecule has 0 aromatic heterocycles. The summed E-state index contributed by atoms with van der Waals surface area (Å²) in [6.45, 7) is 6.84. The number of carbonyl (C=O) groups excluding carboxylic acids is 1. The van der Waals surface area contributed by atoms with Gasteiger partial charge in [-0.15, -0.1) is 0 Å². The molecule has 1 amide bonds. The van der Waals surface area contributed by atoms with Crippen LogP contribution >= 0.6 is 0 Å². The first-order valence-corrected chi connectivity index (χ1v) is 6.83. The van der Waals surface area contributed by atoms with Crippen molar-refractivity contribution in [3.05, 3.63) is 35.4 Å². The van der Waals surface area contributed by atoms with Crippen LogP contribution in [0.15, 0.2) is 24.3 Å². The van der Waals surface area contributed by atoms with E-state index < -0.39 is 0 Å². The summed E-state index contributed by atoms with van der Waals surface area (Å²) < 4.78 is 0. The van der Waals surface area contributed by atoms with Gasteiger partial charge in [-0.3, -0.25) is 4.79 Å². The van der Waals surface area contributed by atoms with E-state index in [0.717, 1.165) is 38.0 Å². The van der Waals surface area contributed by atoms with Crippen LogP contribution in [0.2, 0.25) is 0 Å². The van der Waals surface area contributed by atoms with E-state index in [1.807, 2.05) is 17.0 Å². The second kappa shape index (κ2) is 6.01. The van der Waals surface area contributed by atoms with Crippen LogP contribution in [-0.2, 0) is 6.42 Å². The van der Waals surface area contributed by atoms with E-state index in [1.165, 1.54) is 5.56 Å². The van der Waals surface area contributed by atoms with Crippen LogP contribution in [-0.4, -0.2) is 36.5 Å². The Labute approximate surface area is 109 Å². The summed E-state index contributed by atoms with van der Waals surface area (Å²) in [6.07, 6.45) is 2.22. The predicted octanol–water partition coefficient (Wildman–Crippen LogP) is 2.07. The minimum atomic E-state index is 0.159. The Balaban J connectivity index is 2.08. The molecule has 0 spiro atoms. The molecule has 0 saturated carbocycles. The summed E-state index contributed by atoms with van der Waals surface area (Å²) in [5, 5.41) is 3.30. The highest BCUT2D eigenvalue weighted by molar-refractivity contribution is 5.94. The van der Waals surface area contributed by atoms with Crippen LogP contribution in [0.5, 0.6) is 0 Å². The van der Waals surface area contributed by atoms with E-state index in [-0.39, 0.29) is 11.9 Å². The van der Waals surface area contributed by atoms with Crippen LogP contribution in [0.3, 0.4) is 0 Å². The molecule has 1 atom stereocenters. The van der Waals surface area contributed by atoms with Gasteiger partial charge in [0.25, 0.3) is 5.91 Å². The van der Waals surface area contributed by atoms with Gasteiger partial charge in [-0.25, -0.2) is 0 Å². The van der Waals surface area contributed by atoms with Crippen molar-refractivity contribution in [1.82, 2.24) is 10.2 Å². The van der Waals surface area contributed by atoms with E-state index >= 15 is 0 Å². The normalized spacial score (nSPS) is 19.9. The average Bonchev–Trinajstić information content (AvgIpc) is 2.40. The lowest BCUT2D eigenvalue weighted by atomic mass is 10.1. The molecule has 1 aromatic carbocycles. The fourth-order valence-electron chi connectivity index (χ4n) is 2.41. The minimum Gasteiger partial charge on any atom is -0.333 e. The van der Waals surface area contributed by atoms with Crippen molar-refractivity contribution in [3.8, 4) is 0 Å². The maximum Gasteiger partial charge on any atom is 0.254 e. The van der Waals surface area contributed by atoms with Crippen LogP contribution in [0.4, 0.5) is 0 Å². The lowest BCUT2D eigenvalue weighted by molar-refractivity contribution is 0.0656. The van der Waals surface area contributed by atoms with Crippen LogP contribution < -0.4 is 5.32 Å². The molecule has 98 valence electrons. The van der Waals surface area contributed by atoms with E-state index in [4.69, 9.17) is 0 Å². The molecule has 1 aromatic rings. The van der Waals surface area contributed by atoms with Gasteiger partial charge in [-0.2, -0.15) is 0 Å². The van der Waals surface area contributed by atoms with Gasteiger partial charge < -0.3 is 10.2 Å². The van der Waals surface area contributed by atoms with Crippen molar-refractivity contribution < 1.29 is 4.79 Å². The highest BCUT2D eigenvalue weighted by atomic mass is 16.2. The lowest BCUT2D eigenvalue weighted by Crippen LogP contribution is -2.52. The third-order valence-corrected chi connectivity index (χ3v) is 3.50. The molecule has 3 heteroatoms. The van der Waals surface area contributed by atoms with Gasteiger partial charge in [0.2, 0.25) is 0 Å². The Morgan fingerprint density at radius 1 is 1.39 bits per heavy atom. The topological polar surface area (TPSA) is 32.3 Å². The van der Waals surface area contributed by atoms with Gasteiger partial charge >= 0.3 is 0 Å². The van der Waals surface area contributed by atoms with Gasteiger partial charge in [-0.1, -0.05) is 25.5 Å². The Morgan fingerprint density at radius 3 is 2.72 bits per heavy atom. The maximum absolute atomic E-state index is 12.4. The van der Waals surface area contributed by atoms with E-state index in [9.17, 15) is 4.79 Å². The number of nitrogens with zero attached hydrogens (tertiary/aromatic N) is 1. The third kappa shape index (κ3) is 2.91. The number of aryl methyl sites for hydroxylation is 1. The Hall–Kier alpha value is -1.35. The zero-order valence-corrected chi connectivity index (χ0v) is 11.3. The summed E-state index contributed by atoms with van der Waals surface area (Å²) in [4.78, 5) is 14.3. The molecule has 0 unspecified atom stereocenters. The number of rotatable bonds is 3. The summed E-state index contributed by atoms with van der Waals surface area (Å²) in [6, 6.07) is 8.35. The standard InChI is InChI=1S/C15H22N2O/c1-3-4-13-5-7-14(8-6-13)15(18)17-10-9-16-11-12(17)2/h5-8,12,16H,3-4,9-11H2,1-2H3/t12-/m1/s1. The van der Waals surface area contributed by atoms with Gasteiger partial charge in [0.15, 0.2) is 0 Å². The van der Waals surface area contributed by atoms with Crippen LogP contribution in [0.25, 0.3) is 0 Å². The molecule has 3 nitrogen and oxygen atoms in total. The zero-order chi connectivity index (χ0) is 13.0. The molecule has 1 fully saturated rings. The number of hydrogen-bond acceptors (Lipinski definition) is 2. The molecule has 1 N–H and O–H groups in total. The van der Waals surface area contributed by atoms with E-state index in [1.54, 1.807) is 0 Å². The third-order valence-electron chi connectivity index (χ3n) is 3.50. The monoisotopic (exact) mass is 246 g/mol. The lowest BCUT2D eigenvalue weighted by Gasteiger charge is -2.34. The molecule has 1 heterocycles. The van der Waals surface area contributed by atoms with E-state index in [0.29, 0.717) is 0 Å². The summed E-state index contributed by atoms with van der Waals surface area (Å²) in [5.41, 5.74) is 2.12. The fraction of sp³-hybridized carbons (Fsp3) is 0.533. The molecule has 2 rings (SSSR count). The summed E-state index contributed by atoms with van der Waals surface area (Å²) >= 11 is 0. The van der Waals surface area contributed by atoms with Crippen molar-refractivity contribution in [2.45, 2.75) is 32.7 Å². The summed E-state index contributed by atoms with van der Waals surface area (Å²) in [7, 11) is 0. The Kier molecular flexibility index (Phi) is 4.37. The second-order valence-electron chi connectivity index (χ2n) is 5.00. The molecule has 0 bridgehead atoms. The number of benzene rings is 1. The van der Waals surface area contributed by atoms with Crippen molar-refractivity contribution in [1.29, 1.82) is 0 Å². The van der Waals surface area contributed by atoms with Gasteiger partial charge in [0.05, 0.1) is 0 Å². The first-order valence-electron chi connectivity index (χ1n) is 6.83. The minimum absolute atomic E-state index is 0.159. The molecule has 18 heavy (non-hydrogen) atoms. The van der Waals surface area contributed by atoms with Gasteiger partial charge in [0, 0.05) is 31.2 Å².